The Morgan fingerprint density at radius 2 is 1.62 bits per heavy atom. The Morgan fingerprint density at radius 1 is 1.00 bits per heavy atom. The van der Waals surface area contributed by atoms with Crippen LogP contribution < -0.4 is 16.0 Å². The first-order valence-electron chi connectivity index (χ1n) is 10.5. The van der Waals surface area contributed by atoms with Gasteiger partial charge in [-0.1, -0.05) is 37.6 Å². The van der Waals surface area contributed by atoms with E-state index in [1.165, 1.54) is 5.56 Å². The summed E-state index contributed by atoms with van der Waals surface area (Å²) in [5, 5.41) is 10.2. The monoisotopic (exact) mass is 475 g/mol. The van der Waals surface area contributed by atoms with Crippen molar-refractivity contribution in [1.29, 1.82) is 0 Å². The molecule has 0 aromatic heterocycles. The number of rotatable bonds is 5. The molecule has 0 bridgehead atoms. The largest absolute Gasteiger partial charge is 0.441 e. The molecule has 2 saturated heterocycles. The Kier molecular flexibility index (Phi) is 7.15. The lowest BCUT2D eigenvalue weighted by molar-refractivity contribution is 0.00880. The normalized spacial score (nSPS) is 24.1. The molecule has 9 heteroatoms. The lowest BCUT2D eigenvalue weighted by Crippen LogP contribution is -2.46. The van der Waals surface area contributed by atoms with Crippen LogP contribution in [-0.2, 0) is 14.2 Å². The van der Waals surface area contributed by atoms with E-state index in [0.29, 0.717) is 28.3 Å². The zero-order valence-corrected chi connectivity index (χ0v) is 19.4. The summed E-state index contributed by atoms with van der Waals surface area (Å²) >= 11 is 11.3. The molecule has 3 N–H and O–H groups in total. The van der Waals surface area contributed by atoms with E-state index in [9.17, 15) is 4.79 Å². The number of fused-ring (bicyclic) bond motifs is 1. The summed E-state index contributed by atoms with van der Waals surface area (Å²) in [4.78, 5) is 12.4. The molecule has 0 radical (unpaired) electrons. The Hall–Kier alpha value is -2.39. The minimum absolute atomic E-state index is 0.146. The van der Waals surface area contributed by atoms with Crippen molar-refractivity contribution in [2.24, 2.45) is 0 Å². The Balaban J connectivity index is 1.26. The quantitative estimate of drug-likeness (QED) is 0.548. The summed E-state index contributed by atoms with van der Waals surface area (Å²) in [6.45, 7) is 4.91. The summed E-state index contributed by atoms with van der Waals surface area (Å²) in [6, 6.07) is 14.8. The smallest absolute Gasteiger partial charge is 0.412 e. The van der Waals surface area contributed by atoms with Crippen LogP contribution in [0, 0.1) is 0 Å². The van der Waals surface area contributed by atoms with E-state index in [4.69, 9.17) is 38.0 Å². The molecule has 0 saturated carbocycles. The second kappa shape index (κ2) is 10.0. The number of anilines is 2. The van der Waals surface area contributed by atoms with Crippen molar-refractivity contribution < 1.29 is 19.0 Å². The number of nitrogens with one attached hydrogen (secondary N) is 3. The van der Waals surface area contributed by atoms with E-state index in [0.717, 1.165) is 5.69 Å². The molecule has 32 heavy (non-hydrogen) atoms. The average molecular weight is 476 g/mol. The van der Waals surface area contributed by atoms with Crippen LogP contribution in [-0.4, -0.2) is 48.8 Å². The second-order valence-electron chi connectivity index (χ2n) is 8.15. The van der Waals surface area contributed by atoms with Crippen molar-refractivity contribution in [3.63, 3.8) is 0 Å². The third-order valence-corrected chi connectivity index (χ3v) is 5.98. The highest BCUT2D eigenvalue weighted by Gasteiger charge is 2.49. The number of carbonyl (C=O) groups is 1. The van der Waals surface area contributed by atoms with Crippen LogP contribution in [0.25, 0.3) is 0 Å². The van der Waals surface area contributed by atoms with E-state index in [1.807, 2.05) is 36.4 Å². The molecular weight excluding hydrogens is 450 g/mol. The van der Waals surface area contributed by atoms with Crippen molar-refractivity contribution in [2.75, 3.05) is 23.8 Å². The number of benzene rings is 2. The Bertz CT molecular complexity index is 955. The molecule has 4 rings (SSSR count). The third-order valence-electron chi connectivity index (χ3n) is 5.51. The van der Waals surface area contributed by atoms with Crippen molar-refractivity contribution in [3.8, 4) is 0 Å². The fourth-order valence-corrected chi connectivity index (χ4v) is 4.19. The van der Waals surface area contributed by atoms with Crippen LogP contribution in [0.2, 0.25) is 5.02 Å². The predicted octanol–water partition coefficient (Wildman–Crippen LogP) is 4.53. The SMILES string of the molecule is CC(C)c1ccc(NC(=O)O[C@@H]2CO[C@H]3[C@@H]2OC[C@@H]3NC(=S)Nc2ccc(Cl)cc2)cc1. The maximum atomic E-state index is 12.4. The predicted molar refractivity (Wildman–Crippen MR) is 128 cm³/mol. The molecule has 2 heterocycles. The molecule has 170 valence electrons. The third kappa shape index (κ3) is 5.50. The zero-order valence-electron chi connectivity index (χ0n) is 17.8. The molecular formula is C23H26ClN3O4S. The summed E-state index contributed by atoms with van der Waals surface area (Å²) in [5.41, 5.74) is 2.71. The fraction of sp³-hybridized carbons (Fsp3) is 0.391. The highest BCUT2D eigenvalue weighted by molar-refractivity contribution is 7.80. The summed E-state index contributed by atoms with van der Waals surface area (Å²) in [6.07, 6.45) is -1.63. The van der Waals surface area contributed by atoms with Gasteiger partial charge in [0.25, 0.3) is 0 Å². The molecule has 4 atom stereocenters. The van der Waals surface area contributed by atoms with Crippen LogP contribution in [0.1, 0.15) is 25.3 Å². The van der Waals surface area contributed by atoms with Crippen molar-refractivity contribution in [3.05, 3.63) is 59.1 Å². The van der Waals surface area contributed by atoms with Crippen LogP contribution in [0.4, 0.5) is 16.2 Å². The topological polar surface area (TPSA) is 80.9 Å². The minimum atomic E-state index is -0.531. The zero-order chi connectivity index (χ0) is 22.7. The Morgan fingerprint density at radius 3 is 2.31 bits per heavy atom. The molecule has 7 nitrogen and oxygen atoms in total. The minimum Gasteiger partial charge on any atom is -0.441 e. The standard InChI is InChI=1S/C23H26ClN3O4S/c1-13(2)14-3-7-17(8-4-14)26-23(28)31-19-12-30-20-18(11-29-21(19)20)27-22(32)25-16-9-5-15(24)6-10-16/h3-10,13,18-21H,11-12H2,1-2H3,(H,26,28)(H2,25,27,32)/t18-,19+,20+,21+/m0/s1. The highest BCUT2D eigenvalue weighted by Crippen LogP contribution is 2.29. The average Bonchev–Trinajstić information content (AvgIpc) is 3.33. The van der Waals surface area contributed by atoms with Crippen molar-refractivity contribution in [2.45, 2.75) is 44.1 Å². The first-order chi connectivity index (χ1) is 15.4. The number of thiocarbonyl (C=S) groups is 1. The van der Waals surface area contributed by atoms with Crippen LogP contribution in [0.5, 0.6) is 0 Å². The molecule has 2 aliphatic rings. The van der Waals surface area contributed by atoms with E-state index in [2.05, 4.69) is 29.8 Å². The van der Waals surface area contributed by atoms with Crippen LogP contribution >= 0.6 is 23.8 Å². The van der Waals surface area contributed by atoms with Crippen LogP contribution in [0.15, 0.2) is 48.5 Å². The number of carbonyl (C=O) groups excluding carboxylic acids is 1. The maximum Gasteiger partial charge on any atom is 0.412 e. The number of hydrogen-bond acceptors (Lipinski definition) is 5. The van der Waals surface area contributed by atoms with Gasteiger partial charge in [0.05, 0.1) is 19.3 Å². The van der Waals surface area contributed by atoms with Gasteiger partial charge in [-0.05, 0) is 60.1 Å². The van der Waals surface area contributed by atoms with E-state index >= 15 is 0 Å². The van der Waals surface area contributed by atoms with E-state index in [1.54, 1.807) is 12.1 Å². The van der Waals surface area contributed by atoms with Gasteiger partial charge >= 0.3 is 6.09 Å². The maximum absolute atomic E-state index is 12.4. The van der Waals surface area contributed by atoms with Gasteiger partial charge in [0.15, 0.2) is 11.2 Å². The molecule has 0 spiro atoms. The Labute approximate surface area is 197 Å². The summed E-state index contributed by atoms with van der Waals surface area (Å²) < 4.78 is 17.3. The van der Waals surface area contributed by atoms with E-state index < -0.39 is 12.2 Å². The molecule has 1 amide bonds. The number of hydrogen-bond donors (Lipinski definition) is 3. The number of amides is 1. The lowest BCUT2D eigenvalue weighted by Gasteiger charge is -2.20. The molecule has 0 unspecified atom stereocenters. The van der Waals surface area contributed by atoms with Crippen molar-refractivity contribution >= 4 is 46.4 Å². The van der Waals surface area contributed by atoms with Crippen molar-refractivity contribution in [1.82, 2.24) is 5.32 Å². The first-order valence-corrected chi connectivity index (χ1v) is 11.3. The fourth-order valence-electron chi connectivity index (χ4n) is 3.79. The van der Waals surface area contributed by atoms with Crippen LogP contribution in [0.3, 0.4) is 0 Å². The molecule has 0 aliphatic carbocycles. The summed E-state index contributed by atoms with van der Waals surface area (Å²) in [5.74, 6) is 0.430. The molecule has 2 aliphatic heterocycles. The van der Waals surface area contributed by atoms with Gasteiger partial charge in [0, 0.05) is 16.4 Å². The first kappa shape index (κ1) is 22.8. The molecule has 2 fully saturated rings. The number of ether oxygens (including phenoxy) is 3. The molecule has 2 aromatic rings. The van der Waals surface area contributed by atoms with E-state index in [-0.39, 0.29) is 24.9 Å². The molecule has 2 aromatic carbocycles. The van der Waals surface area contributed by atoms with Gasteiger partial charge in [0.2, 0.25) is 0 Å². The summed E-state index contributed by atoms with van der Waals surface area (Å²) in [7, 11) is 0. The second-order valence-corrected chi connectivity index (χ2v) is 9.00. The van der Waals surface area contributed by atoms with Gasteiger partial charge in [0.1, 0.15) is 12.2 Å². The number of halogens is 1. The van der Waals surface area contributed by atoms with Gasteiger partial charge in [-0.3, -0.25) is 5.32 Å². The van der Waals surface area contributed by atoms with Gasteiger partial charge < -0.3 is 24.8 Å². The van der Waals surface area contributed by atoms with Gasteiger partial charge in [-0.25, -0.2) is 4.79 Å². The van der Waals surface area contributed by atoms with Gasteiger partial charge in [-0.15, -0.1) is 0 Å². The lowest BCUT2D eigenvalue weighted by atomic mass is 10.0. The highest BCUT2D eigenvalue weighted by atomic mass is 35.5. The van der Waals surface area contributed by atoms with Gasteiger partial charge in [-0.2, -0.15) is 0 Å².